The Morgan fingerprint density at radius 2 is 0.952 bits per heavy atom. The predicted octanol–water partition coefficient (Wildman–Crippen LogP) is 14.0. The van der Waals surface area contributed by atoms with Gasteiger partial charge in [-0.05, 0) is 58.1 Å². The van der Waals surface area contributed by atoms with Crippen LogP contribution in [-0.2, 0) is 0 Å². The number of hydrogen-bond donors (Lipinski definition) is 0. The first-order valence-corrected chi connectivity index (χ1v) is 21.0. The third kappa shape index (κ3) is 5.64. The van der Waals surface area contributed by atoms with Crippen LogP contribution in [0.2, 0.25) is 0 Å². The zero-order chi connectivity index (χ0) is 41.4. The number of nitrogens with zero attached hydrogens (tertiary/aromatic N) is 5. The van der Waals surface area contributed by atoms with Gasteiger partial charge in [-0.2, -0.15) is 0 Å². The van der Waals surface area contributed by atoms with E-state index < -0.39 is 0 Å². The van der Waals surface area contributed by atoms with E-state index in [4.69, 9.17) is 33.8 Å². The van der Waals surface area contributed by atoms with Crippen LogP contribution < -0.4 is 0 Å². The maximum atomic E-state index is 6.86. The van der Waals surface area contributed by atoms with E-state index in [1.165, 1.54) is 22.3 Å². The van der Waals surface area contributed by atoms with E-state index in [2.05, 4.69) is 91.0 Å². The van der Waals surface area contributed by atoms with E-state index in [0.29, 0.717) is 40.0 Å². The molecule has 1 aliphatic rings. The van der Waals surface area contributed by atoms with Gasteiger partial charge in [0.15, 0.2) is 28.9 Å². The van der Waals surface area contributed by atoms with Gasteiger partial charge in [0, 0.05) is 44.3 Å². The number of furan rings is 2. The van der Waals surface area contributed by atoms with E-state index in [1.807, 2.05) is 103 Å². The second-order valence-corrected chi connectivity index (χ2v) is 15.9. The second kappa shape index (κ2) is 14.0. The summed E-state index contributed by atoms with van der Waals surface area (Å²) in [7, 11) is 0. The van der Waals surface area contributed by atoms with Crippen molar-refractivity contribution in [2.75, 3.05) is 0 Å². The Kier molecular flexibility index (Phi) is 7.83. The Balaban J connectivity index is 0.986. The molecule has 1 atom stereocenters. The summed E-state index contributed by atoms with van der Waals surface area (Å²) in [6.07, 6.45) is 0. The molecule has 0 fully saturated rings. The van der Waals surface area contributed by atoms with Gasteiger partial charge < -0.3 is 8.83 Å². The molecule has 0 N–H and O–H groups in total. The quantitative estimate of drug-likeness (QED) is 0.165. The first-order valence-electron chi connectivity index (χ1n) is 21.0. The molecule has 1 unspecified atom stereocenters. The van der Waals surface area contributed by atoms with Crippen molar-refractivity contribution in [1.29, 1.82) is 0 Å². The minimum atomic E-state index is 0.0951. The van der Waals surface area contributed by atoms with Crippen LogP contribution in [0.5, 0.6) is 0 Å². The molecule has 7 nitrogen and oxygen atoms in total. The maximum absolute atomic E-state index is 6.86. The van der Waals surface area contributed by atoms with Crippen molar-refractivity contribution < 1.29 is 8.83 Å². The molecule has 0 spiro atoms. The first kappa shape index (κ1) is 35.2. The van der Waals surface area contributed by atoms with Crippen LogP contribution in [0.4, 0.5) is 0 Å². The summed E-state index contributed by atoms with van der Waals surface area (Å²) in [6, 6.07) is 66.4. The third-order valence-electron chi connectivity index (χ3n) is 12.3. The molecule has 0 aliphatic heterocycles. The van der Waals surface area contributed by atoms with E-state index in [0.717, 1.165) is 66.3 Å². The fraction of sp³-hybridized carbons (Fsp3) is 0.0179. The van der Waals surface area contributed by atoms with Crippen molar-refractivity contribution in [2.45, 2.75) is 5.92 Å². The molecule has 0 bridgehead atoms. The molecule has 0 saturated carbocycles. The average Bonchev–Trinajstić information content (AvgIpc) is 4.04. The standard InChI is InChI=1S/C56H33N5O2/c1-4-16-33(17-5-1)47-38-22-10-11-23-39(38)48-42(47)26-15-27-43(48)55-59-53(35-20-8-3-9-21-35)60-56(61-55)44-28-14-25-40-37-31-30-36(32-46(37)63-51(40)44)54-57-49(34-18-6-2-7-19-34)52-50(58-54)41-24-12-13-29-45(41)62-52/h1-32,47H. The number of rotatable bonds is 6. The van der Waals surface area contributed by atoms with Crippen molar-refractivity contribution >= 4 is 44.0 Å². The summed E-state index contributed by atoms with van der Waals surface area (Å²) in [4.78, 5) is 25.9. The van der Waals surface area contributed by atoms with Crippen LogP contribution in [0.15, 0.2) is 203 Å². The summed E-state index contributed by atoms with van der Waals surface area (Å²) < 4.78 is 13.2. The highest BCUT2D eigenvalue weighted by Gasteiger charge is 2.32. The van der Waals surface area contributed by atoms with Crippen LogP contribution >= 0.6 is 0 Å². The molecule has 4 heterocycles. The molecule has 7 heteroatoms. The first-order chi connectivity index (χ1) is 31.2. The number of fused-ring (bicyclic) bond motifs is 9. The fourth-order valence-electron chi connectivity index (χ4n) is 9.40. The molecule has 63 heavy (non-hydrogen) atoms. The van der Waals surface area contributed by atoms with Gasteiger partial charge in [0.25, 0.3) is 0 Å². The highest BCUT2D eigenvalue weighted by Crippen LogP contribution is 2.51. The molecular formula is C56H33N5O2. The van der Waals surface area contributed by atoms with Gasteiger partial charge in [-0.15, -0.1) is 0 Å². The lowest BCUT2D eigenvalue weighted by atomic mass is 9.89. The average molecular weight is 808 g/mol. The lowest BCUT2D eigenvalue weighted by molar-refractivity contribution is 0.667. The minimum Gasteiger partial charge on any atom is -0.455 e. The molecule has 0 amide bonds. The van der Waals surface area contributed by atoms with Crippen molar-refractivity contribution in [1.82, 2.24) is 24.9 Å². The Morgan fingerprint density at radius 1 is 0.349 bits per heavy atom. The van der Waals surface area contributed by atoms with Crippen molar-refractivity contribution in [2.24, 2.45) is 0 Å². The molecule has 8 aromatic carbocycles. The highest BCUT2D eigenvalue weighted by atomic mass is 16.3. The molecular weight excluding hydrogens is 775 g/mol. The summed E-state index contributed by atoms with van der Waals surface area (Å²) >= 11 is 0. The van der Waals surface area contributed by atoms with Crippen LogP contribution in [0, 0.1) is 0 Å². The molecule has 0 saturated heterocycles. The smallest absolute Gasteiger partial charge is 0.180 e. The van der Waals surface area contributed by atoms with Crippen LogP contribution in [0.25, 0.3) is 112 Å². The number of aromatic nitrogens is 5. The minimum absolute atomic E-state index is 0.0951. The van der Waals surface area contributed by atoms with Crippen LogP contribution in [0.1, 0.15) is 22.6 Å². The van der Waals surface area contributed by atoms with Gasteiger partial charge in [0.1, 0.15) is 28.0 Å². The Labute approximate surface area is 361 Å². The SMILES string of the molecule is c1ccc(-c2nc(-c3cccc4c3-c3ccccc3C4c3ccccc3)nc(-c3cccc4c3oc3cc(-c5nc(-c6ccccc6)c6oc7ccccc7c6n5)ccc34)n2)cc1. The van der Waals surface area contributed by atoms with Gasteiger partial charge >= 0.3 is 0 Å². The summed E-state index contributed by atoms with van der Waals surface area (Å²) in [5.74, 6) is 2.39. The Morgan fingerprint density at radius 3 is 1.79 bits per heavy atom. The van der Waals surface area contributed by atoms with Gasteiger partial charge in [0.2, 0.25) is 0 Å². The third-order valence-corrected chi connectivity index (χ3v) is 12.3. The zero-order valence-corrected chi connectivity index (χ0v) is 33.6. The molecule has 294 valence electrons. The summed E-state index contributed by atoms with van der Waals surface area (Å²) in [5.41, 5.74) is 14.8. The van der Waals surface area contributed by atoms with Crippen molar-refractivity contribution in [3.63, 3.8) is 0 Å². The number of benzene rings is 8. The highest BCUT2D eigenvalue weighted by molar-refractivity contribution is 6.10. The molecule has 12 aromatic rings. The number of para-hydroxylation sites is 2. The van der Waals surface area contributed by atoms with E-state index in [9.17, 15) is 0 Å². The van der Waals surface area contributed by atoms with Gasteiger partial charge in [-0.1, -0.05) is 164 Å². The molecule has 0 radical (unpaired) electrons. The second-order valence-electron chi connectivity index (χ2n) is 15.9. The van der Waals surface area contributed by atoms with E-state index >= 15 is 0 Å². The fourth-order valence-corrected chi connectivity index (χ4v) is 9.40. The largest absolute Gasteiger partial charge is 0.455 e. The molecule has 13 rings (SSSR count). The van der Waals surface area contributed by atoms with Crippen molar-refractivity contribution in [3.05, 3.63) is 211 Å². The van der Waals surface area contributed by atoms with E-state index in [-0.39, 0.29) is 5.92 Å². The van der Waals surface area contributed by atoms with Crippen LogP contribution in [-0.4, -0.2) is 24.9 Å². The van der Waals surface area contributed by atoms with Crippen molar-refractivity contribution in [3.8, 4) is 67.9 Å². The van der Waals surface area contributed by atoms with Crippen LogP contribution in [0.3, 0.4) is 0 Å². The maximum Gasteiger partial charge on any atom is 0.180 e. The molecule has 1 aliphatic carbocycles. The van der Waals surface area contributed by atoms with Gasteiger partial charge in [0.05, 0.1) is 5.56 Å². The monoisotopic (exact) mass is 807 g/mol. The Bertz CT molecular complexity index is 3750. The molecule has 4 aromatic heterocycles. The van der Waals surface area contributed by atoms with E-state index in [1.54, 1.807) is 0 Å². The normalized spacial score (nSPS) is 13.2. The predicted molar refractivity (Wildman–Crippen MR) is 250 cm³/mol. The lowest BCUT2D eigenvalue weighted by Crippen LogP contribution is -2.02. The summed E-state index contributed by atoms with van der Waals surface area (Å²) in [5, 5.41) is 2.87. The van der Waals surface area contributed by atoms with Gasteiger partial charge in [-0.25, -0.2) is 24.9 Å². The number of hydrogen-bond acceptors (Lipinski definition) is 7. The summed E-state index contributed by atoms with van der Waals surface area (Å²) in [6.45, 7) is 0. The lowest BCUT2D eigenvalue weighted by Gasteiger charge is -2.15. The zero-order valence-electron chi connectivity index (χ0n) is 33.6. The Hall–Kier alpha value is -8.55. The topological polar surface area (TPSA) is 90.7 Å². The van der Waals surface area contributed by atoms with Gasteiger partial charge in [-0.3, -0.25) is 0 Å².